The average Bonchev–Trinajstić information content (AvgIpc) is 3.37. The van der Waals surface area contributed by atoms with Crippen LogP contribution in [0.5, 0.6) is 11.5 Å². The number of rotatable bonds is 7. The predicted molar refractivity (Wildman–Crippen MR) is 139 cm³/mol. The number of methoxy groups -OCH3 is 2. The van der Waals surface area contributed by atoms with Gasteiger partial charge in [0.15, 0.2) is 5.84 Å². The highest BCUT2D eigenvalue weighted by molar-refractivity contribution is 6.06. The van der Waals surface area contributed by atoms with Crippen LogP contribution in [0.25, 0.3) is 0 Å². The summed E-state index contributed by atoms with van der Waals surface area (Å²) in [4.78, 5) is 26.5. The summed E-state index contributed by atoms with van der Waals surface area (Å²) in [6.45, 7) is 6.48. The van der Waals surface area contributed by atoms with Crippen LogP contribution in [0, 0.1) is 5.92 Å². The third kappa shape index (κ3) is 5.08. The van der Waals surface area contributed by atoms with Gasteiger partial charge >= 0.3 is 0 Å². The van der Waals surface area contributed by atoms with E-state index in [1.54, 1.807) is 26.5 Å². The molecule has 1 aromatic heterocycles. The van der Waals surface area contributed by atoms with E-state index in [9.17, 15) is 9.90 Å². The highest BCUT2D eigenvalue weighted by Gasteiger charge is 2.42. The number of aliphatic hydroxyl groups excluding tert-OH is 1. The van der Waals surface area contributed by atoms with E-state index < -0.39 is 6.35 Å². The zero-order valence-electron chi connectivity index (χ0n) is 21.8. The molecular formula is C27H35N5O5. The normalized spacial score (nSPS) is 21.4. The van der Waals surface area contributed by atoms with Crippen LogP contribution in [0.1, 0.15) is 48.3 Å². The first-order chi connectivity index (χ1) is 17.9. The van der Waals surface area contributed by atoms with Crippen molar-refractivity contribution in [2.45, 2.75) is 51.7 Å². The Morgan fingerprint density at radius 1 is 1.16 bits per heavy atom. The molecule has 0 spiro atoms. The van der Waals surface area contributed by atoms with Crippen LogP contribution >= 0.6 is 0 Å². The van der Waals surface area contributed by atoms with E-state index in [0.29, 0.717) is 66.5 Å². The molecule has 1 amide bonds. The van der Waals surface area contributed by atoms with Gasteiger partial charge in [-0.1, -0.05) is 13.8 Å². The fourth-order valence-electron chi connectivity index (χ4n) is 5.01. The number of nitrogens with one attached hydrogen (secondary N) is 1. The van der Waals surface area contributed by atoms with Crippen LogP contribution < -0.4 is 19.7 Å². The van der Waals surface area contributed by atoms with Crippen LogP contribution in [-0.2, 0) is 11.3 Å². The lowest BCUT2D eigenvalue weighted by atomic mass is 10.1. The van der Waals surface area contributed by atoms with Gasteiger partial charge < -0.3 is 34.4 Å². The van der Waals surface area contributed by atoms with Gasteiger partial charge in [-0.25, -0.2) is 4.98 Å². The van der Waals surface area contributed by atoms with Crippen molar-refractivity contribution in [3.05, 3.63) is 47.3 Å². The lowest BCUT2D eigenvalue weighted by molar-refractivity contribution is 0.0469. The van der Waals surface area contributed by atoms with Crippen molar-refractivity contribution in [3.63, 3.8) is 0 Å². The number of hydrogen-bond donors (Lipinski definition) is 2. The summed E-state index contributed by atoms with van der Waals surface area (Å²) in [6.07, 6.45) is 2.20. The third-order valence-corrected chi connectivity index (χ3v) is 7.24. The second-order valence-electron chi connectivity index (χ2n) is 10.1. The van der Waals surface area contributed by atoms with Crippen molar-refractivity contribution in [3.8, 4) is 11.5 Å². The standard InChI is InChI=1S/C27H35N5O5/c1-16(2)22-15-32-25(30-22)24-23(11-18(13-28-24)26(33)29-19-5-7-37-8-6-19)31(27(32)34)14-17-9-20(35-3)12-21(10-17)36-4/h9-13,16,19,22,27,34H,5-8,14-15H2,1-4H3,(H,29,33). The molecule has 3 aliphatic rings. The quantitative estimate of drug-likeness (QED) is 0.586. The van der Waals surface area contributed by atoms with E-state index in [2.05, 4.69) is 19.2 Å². The van der Waals surface area contributed by atoms with Gasteiger partial charge in [0.2, 0.25) is 6.35 Å². The Morgan fingerprint density at radius 3 is 2.51 bits per heavy atom. The largest absolute Gasteiger partial charge is 0.497 e. The third-order valence-electron chi connectivity index (χ3n) is 7.24. The predicted octanol–water partition coefficient (Wildman–Crippen LogP) is 2.39. The zero-order chi connectivity index (χ0) is 26.1. The molecule has 1 fully saturated rings. The Balaban J connectivity index is 1.51. The molecule has 2 unspecified atom stereocenters. The average molecular weight is 510 g/mol. The summed E-state index contributed by atoms with van der Waals surface area (Å²) < 4.78 is 16.3. The molecule has 10 heteroatoms. The summed E-state index contributed by atoms with van der Waals surface area (Å²) >= 11 is 0. The number of fused-ring (bicyclic) bond motifs is 3. The number of aromatic nitrogens is 1. The number of carbonyl (C=O) groups is 1. The molecule has 198 valence electrons. The van der Waals surface area contributed by atoms with Crippen molar-refractivity contribution < 1.29 is 24.1 Å². The van der Waals surface area contributed by atoms with Gasteiger partial charge in [0.25, 0.3) is 5.91 Å². The molecule has 0 bridgehead atoms. The number of benzene rings is 1. The number of nitrogens with zero attached hydrogens (tertiary/aromatic N) is 4. The number of amidine groups is 1. The minimum Gasteiger partial charge on any atom is -0.497 e. The van der Waals surface area contributed by atoms with Gasteiger partial charge in [-0.05, 0) is 42.5 Å². The summed E-state index contributed by atoms with van der Waals surface area (Å²) in [6, 6.07) is 7.56. The zero-order valence-corrected chi connectivity index (χ0v) is 21.8. The fraction of sp³-hybridized carbons (Fsp3) is 0.519. The topological polar surface area (TPSA) is 109 Å². The maximum atomic E-state index is 13.1. The van der Waals surface area contributed by atoms with Gasteiger partial charge in [0.1, 0.15) is 17.2 Å². The van der Waals surface area contributed by atoms with E-state index in [-0.39, 0.29) is 18.0 Å². The van der Waals surface area contributed by atoms with Crippen molar-refractivity contribution in [1.82, 2.24) is 15.2 Å². The first kappa shape index (κ1) is 25.3. The van der Waals surface area contributed by atoms with E-state index in [0.717, 1.165) is 18.4 Å². The molecular weight excluding hydrogens is 474 g/mol. The summed E-state index contributed by atoms with van der Waals surface area (Å²) in [5.41, 5.74) is 2.65. The Kier molecular flexibility index (Phi) is 7.21. The second kappa shape index (κ2) is 10.5. The van der Waals surface area contributed by atoms with Gasteiger partial charge in [-0.2, -0.15) is 0 Å². The molecule has 1 aromatic carbocycles. The number of carbonyl (C=O) groups excluding carboxylic acids is 1. The first-order valence-corrected chi connectivity index (χ1v) is 12.8. The van der Waals surface area contributed by atoms with Gasteiger partial charge in [0.05, 0.1) is 31.5 Å². The Labute approximate surface area is 217 Å². The Hall–Kier alpha value is -3.37. The maximum absolute atomic E-state index is 13.1. The number of aliphatic hydroxyl groups is 1. The molecule has 3 aliphatic heterocycles. The smallest absolute Gasteiger partial charge is 0.253 e. The van der Waals surface area contributed by atoms with Crippen molar-refractivity contribution in [2.75, 3.05) is 38.9 Å². The van der Waals surface area contributed by atoms with E-state index in [1.807, 2.05) is 28.0 Å². The minimum atomic E-state index is -0.970. The summed E-state index contributed by atoms with van der Waals surface area (Å²) in [5, 5.41) is 14.7. The van der Waals surface area contributed by atoms with Crippen molar-refractivity contribution in [1.29, 1.82) is 0 Å². The number of amides is 1. The molecule has 0 aliphatic carbocycles. The molecule has 10 nitrogen and oxygen atoms in total. The number of anilines is 1. The number of pyridine rings is 1. The molecule has 2 atom stereocenters. The van der Waals surface area contributed by atoms with Crippen molar-refractivity contribution >= 4 is 17.4 Å². The van der Waals surface area contributed by atoms with Gasteiger partial charge in [0, 0.05) is 44.6 Å². The monoisotopic (exact) mass is 509 g/mol. The van der Waals surface area contributed by atoms with Crippen LogP contribution in [0.15, 0.2) is 35.5 Å². The molecule has 0 saturated carbocycles. The lowest BCUT2D eigenvalue weighted by Crippen LogP contribution is -2.54. The molecule has 1 saturated heterocycles. The highest BCUT2D eigenvalue weighted by atomic mass is 16.5. The number of aliphatic imine (C=N–C) groups is 1. The summed E-state index contributed by atoms with van der Waals surface area (Å²) in [7, 11) is 3.21. The molecule has 4 heterocycles. The highest BCUT2D eigenvalue weighted by Crippen LogP contribution is 2.36. The van der Waals surface area contributed by atoms with Gasteiger partial charge in [-0.3, -0.25) is 9.79 Å². The molecule has 0 radical (unpaired) electrons. The second-order valence-corrected chi connectivity index (χ2v) is 10.1. The van der Waals surface area contributed by atoms with E-state index in [1.165, 1.54) is 0 Å². The molecule has 2 N–H and O–H groups in total. The van der Waals surface area contributed by atoms with Crippen LogP contribution in [0.3, 0.4) is 0 Å². The Morgan fingerprint density at radius 2 is 1.86 bits per heavy atom. The summed E-state index contributed by atoms with van der Waals surface area (Å²) in [5.74, 6) is 2.11. The minimum absolute atomic E-state index is 0.0488. The maximum Gasteiger partial charge on any atom is 0.253 e. The molecule has 37 heavy (non-hydrogen) atoms. The molecule has 5 rings (SSSR count). The number of hydrogen-bond acceptors (Lipinski definition) is 9. The number of ether oxygens (including phenoxy) is 3. The van der Waals surface area contributed by atoms with E-state index >= 15 is 0 Å². The Bertz CT molecular complexity index is 1160. The van der Waals surface area contributed by atoms with Crippen LogP contribution in [0.2, 0.25) is 0 Å². The van der Waals surface area contributed by atoms with Crippen LogP contribution in [0.4, 0.5) is 5.69 Å². The van der Waals surface area contributed by atoms with Gasteiger partial charge in [-0.15, -0.1) is 0 Å². The lowest BCUT2D eigenvalue weighted by Gasteiger charge is -2.42. The first-order valence-electron chi connectivity index (χ1n) is 12.8. The molecule has 2 aromatic rings. The fourth-order valence-corrected chi connectivity index (χ4v) is 5.01. The van der Waals surface area contributed by atoms with E-state index in [4.69, 9.17) is 24.2 Å². The van der Waals surface area contributed by atoms with Crippen LogP contribution in [-0.4, -0.2) is 79.1 Å². The van der Waals surface area contributed by atoms with Crippen molar-refractivity contribution in [2.24, 2.45) is 10.9 Å². The SMILES string of the molecule is COc1cc(CN2c3cc(C(=O)NC4CCOCC4)cnc3C3=NC(C(C)C)CN3C2O)cc(OC)c1.